The van der Waals surface area contributed by atoms with Gasteiger partial charge in [-0.15, -0.1) is 0 Å². The van der Waals surface area contributed by atoms with E-state index >= 15 is 0 Å². The Morgan fingerprint density at radius 1 is 1.14 bits per heavy atom. The Morgan fingerprint density at radius 2 is 1.96 bits per heavy atom. The van der Waals surface area contributed by atoms with Gasteiger partial charge in [0.15, 0.2) is 5.58 Å². The molecule has 0 radical (unpaired) electrons. The Bertz CT molecular complexity index is 945. The van der Waals surface area contributed by atoms with Crippen LogP contribution >= 0.6 is 11.3 Å². The number of para-hydroxylation sites is 1. The van der Waals surface area contributed by atoms with Gasteiger partial charge >= 0.3 is 0 Å². The quantitative estimate of drug-likeness (QED) is 0.687. The predicted octanol–water partition coefficient (Wildman–Crippen LogP) is 2.01. The highest BCUT2D eigenvalue weighted by Gasteiger charge is 2.22. The topological polar surface area (TPSA) is 78.7 Å². The molecule has 7 nitrogen and oxygen atoms in total. The molecule has 1 aliphatic rings. The largest absolute Gasteiger partial charge is 0.356 e. The van der Waals surface area contributed by atoms with Gasteiger partial charge in [-0.3, -0.25) is 14.5 Å². The highest BCUT2D eigenvalue weighted by molar-refractivity contribution is 7.08. The minimum Gasteiger partial charge on any atom is -0.356 e. The maximum atomic E-state index is 12.6. The predicted molar refractivity (Wildman–Crippen MR) is 107 cm³/mol. The third-order valence-corrected chi connectivity index (χ3v) is 5.68. The van der Waals surface area contributed by atoms with Crippen LogP contribution in [0.15, 0.2) is 45.6 Å². The number of nitrogens with one attached hydrogen (secondary N) is 1. The average Bonchev–Trinajstić information content (AvgIpc) is 3.39. The molecule has 8 heteroatoms. The van der Waals surface area contributed by atoms with Crippen molar-refractivity contribution in [1.82, 2.24) is 20.3 Å². The van der Waals surface area contributed by atoms with Crippen molar-refractivity contribution in [2.45, 2.75) is 6.42 Å². The van der Waals surface area contributed by atoms with E-state index in [1.807, 2.05) is 46.0 Å². The smallest absolute Gasteiger partial charge is 0.252 e. The number of hydrogen-bond donors (Lipinski definition) is 1. The van der Waals surface area contributed by atoms with Gasteiger partial charge in [0.2, 0.25) is 5.91 Å². The number of thiophene rings is 1. The lowest BCUT2D eigenvalue weighted by Gasteiger charge is -2.34. The number of amides is 2. The van der Waals surface area contributed by atoms with Gasteiger partial charge in [0, 0.05) is 55.6 Å². The standard InChI is InChI=1S/C20H22N4O3S/c25-19(13-17-16-3-1-2-4-18(16)27-22-17)24-10-8-23(9-11-24)7-6-21-20(26)15-5-12-28-14-15/h1-5,12,14H,6-11,13H2,(H,21,26). The van der Waals surface area contributed by atoms with E-state index in [0.717, 1.165) is 25.0 Å². The molecule has 0 saturated carbocycles. The molecule has 4 rings (SSSR count). The van der Waals surface area contributed by atoms with Crippen molar-refractivity contribution < 1.29 is 14.1 Å². The minimum absolute atomic E-state index is 0.0325. The highest BCUT2D eigenvalue weighted by atomic mass is 32.1. The molecule has 0 spiro atoms. The lowest BCUT2D eigenvalue weighted by Crippen LogP contribution is -2.50. The molecular weight excluding hydrogens is 376 g/mol. The summed E-state index contributed by atoms with van der Waals surface area (Å²) in [7, 11) is 0. The Morgan fingerprint density at radius 3 is 2.75 bits per heavy atom. The molecule has 2 aromatic heterocycles. The van der Waals surface area contributed by atoms with Gasteiger partial charge < -0.3 is 14.7 Å². The molecule has 3 aromatic rings. The van der Waals surface area contributed by atoms with Gasteiger partial charge in [0.1, 0.15) is 5.69 Å². The summed E-state index contributed by atoms with van der Waals surface area (Å²) in [6.45, 7) is 4.37. The van der Waals surface area contributed by atoms with Crippen LogP contribution in [0.25, 0.3) is 11.0 Å². The fraction of sp³-hybridized carbons (Fsp3) is 0.350. The minimum atomic E-state index is -0.0325. The zero-order valence-corrected chi connectivity index (χ0v) is 16.3. The van der Waals surface area contributed by atoms with Gasteiger partial charge in [-0.05, 0) is 23.6 Å². The number of carbonyl (C=O) groups excluding carboxylic acids is 2. The molecule has 2 amide bonds. The van der Waals surface area contributed by atoms with Crippen LogP contribution in [-0.2, 0) is 11.2 Å². The third-order valence-electron chi connectivity index (χ3n) is 4.99. The molecule has 1 aromatic carbocycles. The Kier molecular flexibility index (Phi) is 5.68. The number of rotatable bonds is 6. The van der Waals surface area contributed by atoms with Crippen LogP contribution in [-0.4, -0.2) is 66.0 Å². The second-order valence-corrected chi connectivity index (χ2v) is 7.57. The van der Waals surface area contributed by atoms with Gasteiger partial charge in [0.25, 0.3) is 5.91 Å². The monoisotopic (exact) mass is 398 g/mol. The lowest BCUT2D eigenvalue weighted by molar-refractivity contribution is -0.132. The lowest BCUT2D eigenvalue weighted by atomic mass is 10.1. The van der Waals surface area contributed by atoms with Crippen molar-refractivity contribution in [1.29, 1.82) is 0 Å². The fourth-order valence-electron chi connectivity index (χ4n) is 3.36. The number of aromatic nitrogens is 1. The van der Waals surface area contributed by atoms with Gasteiger partial charge in [-0.1, -0.05) is 17.3 Å². The normalized spacial score (nSPS) is 15.1. The summed E-state index contributed by atoms with van der Waals surface area (Å²) < 4.78 is 5.28. The number of hydrogen-bond acceptors (Lipinski definition) is 6. The summed E-state index contributed by atoms with van der Waals surface area (Å²) in [6, 6.07) is 9.41. The molecule has 1 saturated heterocycles. The number of nitrogens with zero attached hydrogens (tertiary/aromatic N) is 3. The molecule has 0 aliphatic carbocycles. The van der Waals surface area contributed by atoms with Crippen molar-refractivity contribution in [3.63, 3.8) is 0 Å². The highest BCUT2D eigenvalue weighted by Crippen LogP contribution is 2.19. The summed E-state index contributed by atoms with van der Waals surface area (Å²) in [5, 5.41) is 11.6. The van der Waals surface area contributed by atoms with E-state index in [1.54, 1.807) is 0 Å². The SMILES string of the molecule is O=C(NCCN1CCN(C(=O)Cc2noc3ccccc23)CC1)c1ccsc1. The van der Waals surface area contributed by atoms with Gasteiger partial charge in [-0.25, -0.2) is 0 Å². The van der Waals surface area contributed by atoms with E-state index in [1.165, 1.54) is 11.3 Å². The third kappa shape index (κ3) is 4.23. The Balaban J connectivity index is 1.21. The van der Waals surface area contributed by atoms with Crippen LogP contribution in [0.3, 0.4) is 0 Å². The van der Waals surface area contributed by atoms with Crippen molar-refractivity contribution >= 4 is 34.1 Å². The summed E-state index contributed by atoms with van der Waals surface area (Å²) in [4.78, 5) is 28.7. The first-order valence-electron chi connectivity index (χ1n) is 9.34. The molecule has 1 aliphatic heterocycles. The fourth-order valence-corrected chi connectivity index (χ4v) is 4.00. The first-order valence-corrected chi connectivity index (χ1v) is 10.3. The number of piperazine rings is 1. The van der Waals surface area contributed by atoms with Crippen LogP contribution in [0.2, 0.25) is 0 Å². The van der Waals surface area contributed by atoms with E-state index in [4.69, 9.17) is 4.52 Å². The number of carbonyl (C=O) groups is 2. The molecule has 1 N–H and O–H groups in total. The average molecular weight is 398 g/mol. The van der Waals surface area contributed by atoms with Crippen LogP contribution in [0, 0.1) is 0 Å². The van der Waals surface area contributed by atoms with E-state index in [2.05, 4.69) is 15.4 Å². The summed E-state index contributed by atoms with van der Waals surface area (Å²) in [5.41, 5.74) is 2.11. The Hall–Kier alpha value is -2.71. The molecule has 146 valence electrons. The molecule has 28 heavy (non-hydrogen) atoms. The summed E-state index contributed by atoms with van der Waals surface area (Å²) in [5.74, 6) is 0.0411. The maximum absolute atomic E-state index is 12.6. The van der Waals surface area contributed by atoms with Crippen molar-refractivity contribution in [2.75, 3.05) is 39.3 Å². The zero-order chi connectivity index (χ0) is 19.3. The summed E-state index contributed by atoms with van der Waals surface area (Å²) >= 11 is 1.51. The molecular formula is C20H22N4O3S. The molecule has 0 bridgehead atoms. The van der Waals surface area contributed by atoms with Gasteiger partial charge in [-0.2, -0.15) is 11.3 Å². The van der Waals surface area contributed by atoms with E-state index in [0.29, 0.717) is 36.5 Å². The van der Waals surface area contributed by atoms with Crippen molar-refractivity contribution in [3.05, 3.63) is 52.3 Å². The Labute approximate surface area is 166 Å². The first-order chi connectivity index (χ1) is 13.7. The maximum Gasteiger partial charge on any atom is 0.252 e. The molecule has 0 atom stereocenters. The molecule has 3 heterocycles. The second kappa shape index (κ2) is 8.53. The van der Waals surface area contributed by atoms with Gasteiger partial charge in [0.05, 0.1) is 6.42 Å². The van der Waals surface area contributed by atoms with E-state index in [9.17, 15) is 9.59 Å². The van der Waals surface area contributed by atoms with Crippen molar-refractivity contribution in [2.24, 2.45) is 0 Å². The number of benzene rings is 1. The second-order valence-electron chi connectivity index (χ2n) is 6.79. The number of fused-ring (bicyclic) bond motifs is 1. The van der Waals surface area contributed by atoms with Crippen LogP contribution in [0.1, 0.15) is 16.1 Å². The van der Waals surface area contributed by atoms with Crippen LogP contribution in [0.4, 0.5) is 0 Å². The first kappa shape index (κ1) is 18.6. The van der Waals surface area contributed by atoms with E-state index in [-0.39, 0.29) is 18.2 Å². The zero-order valence-electron chi connectivity index (χ0n) is 15.5. The van der Waals surface area contributed by atoms with Crippen LogP contribution < -0.4 is 5.32 Å². The molecule has 1 fully saturated rings. The molecule has 0 unspecified atom stereocenters. The van der Waals surface area contributed by atoms with Crippen LogP contribution in [0.5, 0.6) is 0 Å². The van der Waals surface area contributed by atoms with E-state index < -0.39 is 0 Å². The summed E-state index contributed by atoms with van der Waals surface area (Å²) in [6.07, 6.45) is 0.258. The van der Waals surface area contributed by atoms with Crippen molar-refractivity contribution in [3.8, 4) is 0 Å².